The van der Waals surface area contributed by atoms with Crippen LogP contribution < -0.4 is 5.32 Å². The number of aromatic nitrogens is 1. The molecule has 2 rings (SSSR count). The van der Waals surface area contributed by atoms with Gasteiger partial charge in [0.25, 0.3) is 0 Å². The average Bonchev–Trinajstić information content (AvgIpc) is 2.29. The Labute approximate surface area is 111 Å². The lowest BCUT2D eigenvalue weighted by Crippen LogP contribution is -2.02. The van der Waals surface area contributed by atoms with Crippen molar-refractivity contribution in [1.82, 2.24) is 4.98 Å². The van der Waals surface area contributed by atoms with Crippen LogP contribution in [0, 0.1) is 5.82 Å². The Bertz CT molecular complexity index is 582. The molecule has 1 aromatic heterocycles. The van der Waals surface area contributed by atoms with Gasteiger partial charge >= 0.3 is 0 Å². The zero-order valence-corrected chi connectivity index (χ0v) is 11.5. The van der Waals surface area contributed by atoms with E-state index in [1.807, 2.05) is 13.0 Å². The Kier molecular flexibility index (Phi) is 3.71. The second-order valence-corrected chi connectivity index (χ2v) is 4.97. The molecule has 96 valence electrons. The molecule has 4 heteroatoms. The molecule has 0 amide bonds. The van der Waals surface area contributed by atoms with E-state index in [0.29, 0.717) is 16.5 Å². The molecule has 2 aromatic rings. The fourth-order valence-electron chi connectivity index (χ4n) is 1.90. The Hall–Kier alpha value is -1.35. The molecule has 0 atom stereocenters. The van der Waals surface area contributed by atoms with Crippen molar-refractivity contribution in [3.63, 3.8) is 0 Å². The number of nitrogens with one attached hydrogen (secondary N) is 1. The molecule has 2 nitrogen and oxygen atoms in total. The second-order valence-electron chi connectivity index (χ2n) is 4.56. The Morgan fingerprint density at radius 1 is 1.33 bits per heavy atom. The number of pyridine rings is 1. The highest BCUT2D eigenvalue weighted by atomic mass is 35.5. The van der Waals surface area contributed by atoms with Crippen molar-refractivity contribution in [1.29, 1.82) is 0 Å². The van der Waals surface area contributed by atoms with E-state index in [2.05, 4.69) is 24.1 Å². The van der Waals surface area contributed by atoms with Crippen molar-refractivity contribution in [2.75, 3.05) is 11.9 Å². The summed E-state index contributed by atoms with van der Waals surface area (Å²) in [6, 6.07) is 4.74. The van der Waals surface area contributed by atoms with Gasteiger partial charge in [0.05, 0.1) is 10.5 Å². The highest BCUT2D eigenvalue weighted by molar-refractivity contribution is 6.35. The molecule has 0 aliphatic rings. The van der Waals surface area contributed by atoms with E-state index < -0.39 is 0 Å². The zero-order valence-electron chi connectivity index (χ0n) is 10.7. The number of halogens is 2. The van der Waals surface area contributed by atoms with Crippen molar-refractivity contribution in [2.24, 2.45) is 0 Å². The van der Waals surface area contributed by atoms with Gasteiger partial charge in [-0.2, -0.15) is 0 Å². The first-order valence-electron chi connectivity index (χ1n) is 6.06. The summed E-state index contributed by atoms with van der Waals surface area (Å²) in [6.45, 7) is 6.91. The SMILES string of the molecule is CCNc1cc(C(C)C)nc2c(Cl)cc(F)cc12. The first kappa shape index (κ1) is 13.1. The van der Waals surface area contributed by atoms with E-state index >= 15 is 0 Å². The molecule has 1 heterocycles. The van der Waals surface area contributed by atoms with Crippen LogP contribution in [0.15, 0.2) is 18.2 Å². The number of nitrogens with zero attached hydrogens (tertiary/aromatic N) is 1. The van der Waals surface area contributed by atoms with Gasteiger partial charge in [0, 0.05) is 23.3 Å². The van der Waals surface area contributed by atoms with Crippen LogP contribution in [-0.2, 0) is 0 Å². The third-order valence-corrected chi connectivity index (χ3v) is 3.10. The molecule has 0 radical (unpaired) electrons. The molecule has 0 fully saturated rings. The van der Waals surface area contributed by atoms with Crippen LogP contribution in [0.25, 0.3) is 10.9 Å². The largest absolute Gasteiger partial charge is 0.385 e. The Balaban J connectivity index is 2.76. The Morgan fingerprint density at radius 3 is 2.67 bits per heavy atom. The smallest absolute Gasteiger partial charge is 0.125 e. The number of rotatable bonds is 3. The fourth-order valence-corrected chi connectivity index (χ4v) is 2.15. The molecular weight excluding hydrogens is 251 g/mol. The van der Waals surface area contributed by atoms with Crippen molar-refractivity contribution in [3.05, 3.63) is 34.7 Å². The normalized spacial score (nSPS) is 11.2. The summed E-state index contributed by atoms with van der Waals surface area (Å²) in [5.41, 5.74) is 2.49. The van der Waals surface area contributed by atoms with Crippen LogP contribution >= 0.6 is 11.6 Å². The van der Waals surface area contributed by atoms with Gasteiger partial charge in [-0.3, -0.25) is 4.98 Å². The standard InChI is InChI=1S/C14H16ClFN2/c1-4-17-13-7-12(8(2)3)18-14-10(13)5-9(16)6-11(14)15/h5-8H,4H2,1-3H3,(H,17,18). The van der Waals surface area contributed by atoms with Gasteiger partial charge in [-0.1, -0.05) is 25.4 Å². The summed E-state index contributed by atoms with van der Waals surface area (Å²) < 4.78 is 13.4. The van der Waals surface area contributed by atoms with Crippen molar-refractivity contribution >= 4 is 28.2 Å². The number of fused-ring (bicyclic) bond motifs is 1. The maximum Gasteiger partial charge on any atom is 0.125 e. The quantitative estimate of drug-likeness (QED) is 0.879. The van der Waals surface area contributed by atoms with Crippen molar-refractivity contribution < 1.29 is 4.39 Å². The summed E-state index contributed by atoms with van der Waals surface area (Å²) in [6.07, 6.45) is 0. The molecule has 0 aliphatic heterocycles. The molecular formula is C14H16ClFN2. The third kappa shape index (κ3) is 2.41. The zero-order chi connectivity index (χ0) is 13.3. The molecule has 0 bridgehead atoms. The van der Waals surface area contributed by atoms with Crippen LogP contribution in [0.5, 0.6) is 0 Å². The highest BCUT2D eigenvalue weighted by Crippen LogP contribution is 2.31. The lowest BCUT2D eigenvalue weighted by molar-refractivity contribution is 0.629. The minimum absolute atomic E-state index is 0.299. The van der Waals surface area contributed by atoms with E-state index in [9.17, 15) is 4.39 Å². The van der Waals surface area contributed by atoms with E-state index in [-0.39, 0.29) is 5.82 Å². The molecule has 0 aliphatic carbocycles. The molecule has 0 saturated carbocycles. The predicted octanol–water partition coefficient (Wildman–Crippen LogP) is 4.58. The van der Waals surface area contributed by atoms with Crippen LogP contribution in [0.1, 0.15) is 32.4 Å². The van der Waals surface area contributed by atoms with Crippen molar-refractivity contribution in [2.45, 2.75) is 26.7 Å². The number of hydrogen-bond acceptors (Lipinski definition) is 2. The first-order valence-corrected chi connectivity index (χ1v) is 6.44. The van der Waals surface area contributed by atoms with Crippen LogP contribution in [0.3, 0.4) is 0 Å². The average molecular weight is 267 g/mol. The lowest BCUT2D eigenvalue weighted by Gasteiger charge is -2.13. The molecule has 0 unspecified atom stereocenters. The molecule has 0 saturated heterocycles. The van der Waals surface area contributed by atoms with Crippen LogP contribution in [0.4, 0.5) is 10.1 Å². The van der Waals surface area contributed by atoms with Gasteiger partial charge in [0.1, 0.15) is 5.82 Å². The fraction of sp³-hybridized carbons (Fsp3) is 0.357. The summed E-state index contributed by atoms with van der Waals surface area (Å²) >= 11 is 6.08. The van der Waals surface area contributed by atoms with Gasteiger partial charge in [-0.05, 0) is 31.0 Å². The number of anilines is 1. The lowest BCUT2D eigenvalue weighted by atomic mass is 10.1. The first-order chi connectivity index (χ1) is 8.52. The van der Waals surface area contributed by atoms with Crippen LogP contribution in [0.2, 0.25) is 5.02 Å². The summed E-state index contributed by atoms with van der Waals surface area (Å²) in [4.78, 5) is 4.52. The van der Waals surface area contributed by atoms with E-state index in [0.717, 1.165) is 23.3 Å². The van der Waals surface area contributed by atoms with Gasteiger partial charge in [0.2, 0.25) is 0 Å². The Morgan fingerprint density at radius 2 is 2.06 bits per heavy atom. The maximum absolute atomic E-state index is 13.4. The second kappa shape index (κ2) is 5.11. The number of hydrogen-bond donors (Lipinski definition) is 1. The predicted molar refractivity (Wildman–Crippen MR) is 75.0 cm³/mol. The molecule has 18 heavy (non-hydrogen) atoms. The molecule has 0 spiro atoms. The monoisotopic (exact) mass is 266 g/mol. The van der Waals surface area contributed by atoms with E-state index in [1.165, 1.54) is 12.1 Å². The summed E-state index contributed by atoms with van der Waals surface area (Å²) in [7, 11) is 0. The highest BCUT2D eigenvalue weighted by Gasteiger charge is 2.12. The minimum atomic E-state index is -0.342. The third-order valence-electron chi connectivity index (χ3n) is 2.81. The topological polar surface area (TPSA) is 24.9 Å². The van der Waals surface area contributed by atoms with Crippen molar-refractivity contribution in [3.8, 4) is 0 Å². The minimum Gasteiger partial charge on any atom is -0.385 e. The van der Waals surface area contributed by atoms with Gasteiger partial charge in [0.15, 0.2) is 0 Å². The molecule has 1 aromatic carbocycles. The molecule has 1 N–H and O–H groups in total. The maximum atomic E-state index is 13.4. The van der Waals surface area contributed by atoms with Gasteiger partial charge < -0.3 is 5.32 Å². The summed E-state index contributed by atoms with van der Waals surface area (Å²) in [5.74, 6) is -0.0429. The van der Waals surface area contributed by atoms with Gasteiger partial charge in [-0.15, -0.1) is 0 Å². The van der Waals surface area contributed by atoms with E-state index in [4.69, 9.17) is 11.6 Å². The van der Waals surface area contributed by atoms with Gasteiger partial charge in [-0.25, -0.2) is 4.39 Å². The van der Waals surface area contributed by atoms with E-state index in [1.54, 1.807) is 0 Å². The summed E-state index contributed by atoms with van der Waals surface area (Å²) in [5, 5.41) is 4.32. The number of benzene rings is 1. The van der Waals surface area contributed by atoms with Crippen LogP contribution in [-0.4, -0.2) is 11.5 Å².